The van der Waals surface area contributed by atoms with Crippen molar-refractivity contribution in [3.8, 4) is 12.3 Å². The van der Waals surface area contributed by atoms with Gasteiger partial charge in [0.1, 0.15) is 0 Å². The second-order valence-electron chi connectivity index (χ2n) is 3.04. The number of aliphatic hydroxyl groups excluding tert-OH is 1. The van der Waals surface area contributed by atoms with Gasteiger partial charge in [0.25, 0.3) is 0 Å². The van der Waals surface area contributed by atoms with Gasteiger partial charge >= 0.3 is 5.51 Å². The van der Waals surface area contributed by atoms with E-state index in [0.717, 1.165) is 0 Å². The molecule has 0 heterocycles. The summed E-state index contributed by atoms with van der Waals surface area (Å²) >= 11 is -0.187. The molecule has 0 aromatic heterocycles. The van der Waals surface area contributed by atoms with E-state index < -0.39 is 11.6 Å². The molecule has 0 radical (unpaired) electrons. The van der Waals surface area contributed by atoms with Crippen LogP contribution in [0, 0.1) is 12.3 Å². The van der Waals surface area contributed by atoms with E-state index in [1.54, 1.807) is 0 Å². The largest absolute Gasteiger partial charge is 0.446 e. The second-order valence-corrected chi connectivity index (χ2v) is 4.18. The van der Waals surface area contributed by atoms with Gasteiger partial charge in [-0.15, -0.1) is 12.3 Å². The smallest absolute Gasteiger partial charge is 0.387 e. The monoisotopic (exact) mass is 246 g/mol. The van der Waals surface area contributed by atoms with Gasteiger partial charge in [-0.1, -0.05) is 12.1 Å². The van der Waals surface area contributed by atoms with Crippen LogP contribution in [-0.2, 0) is 0 Å². The first kappa shape index (κ1) is 12.9. The fourth-order valence-electron chi connectivity index (χ4n) is 1.12. The Hall–Kier alpha value is -1.12. The van der Waals surface area contributed by atoms with Crippen LogP contribution in [0.15, 0.2) is 29.2 Å². The number of thioether (sulfide) groups is 1. The average molecular weight is 246 g/mol. The van der Waals surface area contributed by atoms with Gasteiger partial charge in [-0.05, 0) is 29.5 Å². The maximum atomic E-state index is 12.0. The molecule has 1 aromatic rings. The number of hydrogen-bond donors (Lipinski definition) is 1. The highest BCUT2D eigenvalue weighted by Gasteiger charge is 2.29. The lowest BCUT2D eigenvalue weighted by molar-refractivity contribution is -0.0328. The number of hydrogen-bond acceptors (Lipinski definition) is 2. The van der Waals surface area contributed by atoms with Crippen LogP contribution in [-0.4, -0.2) is 10.6 Å². The van der Waals surface area contributed by atoms with Crippen molar-refractivity contribution in [3.05, 3.63) is 29.8 Å². The van der Waals surface area contributed by atoms with Gasteiger partial charge in [0.15, 0.2) is 0 Å². The van der Waals surface area contributed by atoms with Crippen LogP contribution >= 0.6 is 11.8 Å². The van der Waals surface area contributed by atoms with Gasteiger partial charge < -0.3 is 5.11 Å². The van der Waals surface area contributed by atoms with Gasteiger partial charge in [0, 0.05) is 11.3 Å². The third kappa shape index (κ3) is 4.17. The van der Waals surface area contributed by atoms with Crippen molar-refractivity contribution in [1.29, 1.82) is 0 Å². The highest BCUT2D eigenvalue weighted by Crippen LogP contribution is 2.37. The van der Waals surface area contributed by atoms with Crippen LogP contribution in [0.1, 0.15) is 18.1 Å². The molecule has 1 unspecified atom stereocenters. The molecule has 16 heavy (non-hydrogen) atoms. The number of aliphatic hydroxyl groups is 1. The molecule has 5 heteroatoms. The topological polar surface area (TPSA) is 20.2 Å². The van der Waals surface area contributed by atoms with E-state index in [0.29, 0.717) is 5.56 Å². The highest BCUT2D eigenvalue weighted by atomic mass is 32.2. The lowest BCUT2D eigenvalue weighted by Gasteiger charge is -2.09. The standard InChI is InChI=1S/C11H9F3OS/c1-2-3-10(15)8-4-6-9(7-5-8)16-11(12,13)14/h1,4-7,10,15H,3H2. The molecule has 1 atom stereocenters. The molecule has 0 aliphatic carbocycles. The minimum atomic E-state index is -4.29. The van der Waals surface area contributed by atoms with Crippen molar-refractivity contribution in [1.82, 2.24) is 0 Å². The molecule has 1 N–H and O–H groups in total. The van der Waals surface area contributed by atoms with E-state index >= 15 is 0 Å². The molecule has 0 aliphatic heterocycles. The Labute approximate surface area is 95.7 Å². The summed E-state index contributed by atoms with van der Waals surface area (Å²) in [5.74, 6) is 2.28. The summed E-state index contributed by atoms with van der Waals surface area (Å²) in [7, 11) is 0. The Morgan fingerprint density at radius 2 is 1.88 bits per heavy atom. The van der Waals surface area contributed by atoms with Gasteiger partial charge in [0.2, 0.25) is 0 Å². The Balaban J connectivity index is 2.72. The van der Waals surface area contributed by atoms with Crippen LogP contribution in [0.3, 0.4) is 0 Å². The first-order valence-corrected chi connectivity index (χ1v) is 5.21. The van der Waals surface area contributed by atoms with Crippen LogP contribution < -0.4 is 0 Å². The summed E-state index contributed by atoms with van der Waals surface area (Å²) in [6.07, 6.45) is 4.34. The fraction of sp³-hybridized carbons (Fsp3) is 0.273. The van der Waals surface area contributed by atoms with Crippen molar-refractivity contribution in [2.24, 2.45) is 0 Å². The predicted molar refractivity (Wildman–Crippen MR) is 56.8 cm³/mol. The molecule has 0 aliphatic rings. The molecule has 0 amide bonds. The molecule has 1 aromatic carbocycles. The molecule has 0 fully saturated rings. The molecule has 1 nitrogen and oxygen atoms in total. The Morgan fingerprint density at radius 3 is 2.31 bits per heavy atom. The molecule has 0 spiro atoms. The van der Waals surface area contributed by atoms with Crippen LogP contribution in [0.25, 0.3) is 0 Å². The van der Waals surface area contributed by atoms with Crippen molar-refractivity contribution in [2.75, 3.05) is 0 Å². The third-order valence-electron chi connectivity index (χ3n) is 1.81. The van der Waals surface area contributed by atoms with Crippen molar-refractivity contribution >= 4 is 11.8 Å². The molecular formula is C11H9F3OS. The Morgan fingerprint density at radius 1 is 1.31 bits per heavy atom. The van der Waals surface area contributed by atoms with E-state index in [-0.39, 0.29) is 23.1 Å². The number of terminal acetylenes is 1. The summed E-state index contributed by atoms with van der Waals surface area (Å²) < 4.78 is 36.0. The van der Waals surface area contributed by atoms with Gasteiger partial charge in [-0.25, -0.2) is 0 Å². The number of alkyl halides is 3. The first-order chi connectivity index (χ1) is 7.42. The minimum absolute atomic E-state index is 0.0872. The minimum Gasteiger partial charge on any atom is -0.387 e. The van der Waals surface area contributed by atoms with Gasteiger partial charge in [-0.3, -0.25) is 0 Å². The van der Waals surface area contributed by atoms with E-state index in [4.69, 9.17) is 6.42 Å². The lowest BCUT2D eigenvalue weighted by atomic mass is 10.1. The van der Waals surface area contributed by atoms with E-state index in [1.165, 1.54) is 24.3 Å². The van der Waals surface area contributed by atoms with Crippen LogP contribution in [0.5, 0.6) is 0 Å². The Bertz CT molecular complexity index is 378. The zero-order valence-corrected chi connectivity index (χ0v) is 8.98. The summed E-state index contributed by atoms with van der Waals surface area (Å²) in [6.45, 7) is 0. The SMILES string of the molecule is C#CCC(O)c1ccc(SC(F)(F)F)cc1. The molecule has 1 rings (SSSR count). The first-order valence-electron chi connectivity index (χ1n) is 4.39. The predicted octanol–water partition coefficient (Wildman–Crippen LogP) is 3.36. The molecule has 0 saturated carbocycles. The van der Waals surface area contributed by atoms with Crippen LogP contribution in [0.2, 0.25) is 0 Å². The lowest BCUT2D eigenvalue weighted by Crippen LogP contribution is -1.99. The normalized spacial score (nSPS) is 13.2. The third-order valence-corrected chi connectivity index (χ3v) is 2.55. The second kappa shape index (κ2) is 5.28. The van der Waals surface area contributed by atoms with Crippen molar-refractivity contribution in [3.63, 3.8) is 0 Å². The van der Waals surface area contributed by atoms with Gasteiger partial charge in [0.05, 0.1) is 6.10 Å². The van der Waals surface area contributed by atoms with Crippen molar-refractivity contribution in [2.45, 2.75) is 22.9 Å². The number of rotatable bonds is 3. The van der Waals surface area contributed by atoms with Crippen molar-refractivity contribution < 1.29 is 18.3 Å². The highest BCUT2D eigenvalue weighted by molar-refractivity contribution is 8.00. The van der Waals surface area contributed by atoms with Crippen LogP contribution in [0.4, 0.5) is 13.2 Å². The number of benzene rings is 1. The molecular weight excluding hydrogens is 237 g/mol. The summed E-state index contributed by atoms with van der Waals surface area (Å²) in [6, 6.07) is 5.51. The maximum Gasteiger partial charge on any atom is 0.446 e. The molecule has 0 bridgehead atoms. The quantitative estimate of drug-likeness (QED) is 0.652. The zero-order chi connectivity index (χ0) is 12.2. The summed E-state index contributed by atoms with van der Waals surface area (Å²) in [4.78, 5) is 0.0872. The average Bonchev–Trinajstić information content (AvgIpc) is 2.16. The fourth-order valence-corrected chi connectivity index (χ4v) is 1.66. The summed E-state index contributed by atoms with van der Waals surface area (Å²) in [5.41, 5.74) is -3.77. The van der Waals surface area contributed by atoms with E-state index in [2.05, 4.69) is 5.92 Å². The molecule has 86 valence electrons. The Kier molecular flexibility index (Phi) is 4.27. The molecule has 0 saturated heterocycles. The van der Waals surface area contributed by atoms with E-state index in [1.807, 2.05) is 0 Å². The maximum absolute atomic E-state index is 12.0. The number of halogens is 3. The zero-order valence-electron chi connectivity index (χ0n) is 8.16. The van der Waals surface area contributed by atoms with Gasteiger partial charge in [-0.2, -0.15) is 13.2 Å². The summed E-state index contributed by atoms with van der Waals surface area (Å²) in [5, 5.41) is 9.47. The van der Waals surface area contributed by atoms with E-state index in [9.17, 15) is 18.3 Å².